The molecule has 0 bridgehead atoms. The molecule has 0 radical (unpaired) electrons. The lowest BCUT2D eigenvalue weighted by Crippen LogP contribution is -2.53. The number of likely N-dealkylation sites (N-methyl/N-ethyl adjacent to an activating group) is 1. The Morgan fingerprint density at radius 1 is 1.35 bits per heavy atom. The zero-order valence-electron chi connectivity index (χ0n) is 13.3. The molecule has 1 atom stereocenters. The Labute approximate surface area is 122 Å². The van der Waals surface area contributed by atoms with E-state index in [1.54, 1.807) is 9.80 Å². The Balaban J connectivity index is 2.74. The monoisotopic (exact) mass is 283 g/mol. The zero-order chi connectivity index (χ0) is 15.3. The SMILES string of the molecule is CCC(=O)N1CCCCC1C(=O)N(C)CC(C)(C)CN. The van der Waals surface area contributed by atoms with Gasteiger partial charge in [0.2, 0.25) is 11.8 Å². The number of carbonyl (C=O) groups is 2. The van der Waals surface area contributed by atoms with Gasteiger partial charge in [0.05, 0.1) is 0 Å². The minimum atomic E-state index is -0.283. The molecule has 1 saturated heterocycles. The second kappa shape index (κ2) is 7.07. The largest absolute Gasteiger partial charge is 0.343 e. The van der Waals surface area contributed by atoms with E-state index in [0.717, 1.165) is 19.3 Å². The molecule has 20 heavy (non-hydrogen) atoms. The first-order valence-electron chi connectivity index (χ1n) is 7.57. The molecule has 1 aliphatic rings. The summed E-state index contributed by atoms with van der Waals surface area (Å²) in [6, 6.07) is -0.283. The van der Waals surface area contributed by atoms with E-state index in [1.807, 2.05) is 27.8 Å². The lowest BCUT2D eigenvalue weighted by molar-refractivity contribution is -0.147. The average Bonchev–Trinajstić information content (AvgIpc) is 2.45. The van der Waals surface area contributed by atoms with E-state index in [2.05, 4.69) is 0 Å². The molecule has 2 amide bonds. The van der Waals surface area contributed by atoms with Gasteiger partial charge < -0.3 is 15.5 Å². The second-order valence-electron chi connectivity index (χ2n) is 6.51. The van der Waals surface area contributed by atoms with E-state index in [1.165, 1.54) is 0 Å². The maximum absolute atomic E-state index is 12.6. The van der Waals surface area contributed by atoms with E-state index in [-0.39, 0.29) is 23.3 Å². The number of carbonyl (C=O) groups excluding carboxylic acids is 2. The zero-order valence-corrected chi connectivity index (χ0v) is 13.3. The van der Waals surface area contributed by atoms with Crippen LogP contribution in [0.25, 0.3) is 0 Å². The lowest BCUT2D eigenvalue weighted by Gasteiger charge is -2.38. The molecule has 116 valence electrons. The van der Waals surface area contributed by atoms with E-state index < -0.39 is 0 Å². The molecule has 1 unspecified atom stereocenters. The number of nitrogens with zero attached hydrogens (tertiary/aromatic N) is 2. The summed E-state index contributed by atoms with van der Waals surface area (Å²) in [6.45, 7) is 7.80. The number of hydrogen-bond donors (Lipinski definition) is 1. The average molecular weight is 283 g/mol. The first kappa shape index (κ1) is 17.0. The highest BCUT2D eigenvalue weighted by molar-refractivity contribution is 5.87. The highest BCUT2D eigenvalue weighted by atomic mass is 16.2. The molecule has 0 aromatic carbocycles. The van der Waals surface area contributed by atoms with Gasteiger partial charge in [-0.15, -0.1) is 0 Å². The highest BCUT2D eigenvalue weighted by Crippen LogP contribution is 2.21. The smallest absolute Gasteiger partial charge is 0.245 e. The van der Waals surface area contributed by atoms with Crippen molar-refractivity contribution in [1.29, 1.82) is 0 Å². The van der Waals surface area contributed by atoms with Crippen LogP contribution in [0, 0.1) is 5.41 Å². The van der Waals surface area contributed by atoms with Gasteiger partial charge >= 0.3 is 0 Å². The van der Waals surface area contributed by atoms with Gasteiger partial charge in [0, 0.05) is 26.6 Å². The minimum absolute atomic E-state index is 0.0491. The van der Waals surface area contributed by atoms with Gasteiger partial charge in [-0.3, -0.25) is 9.59 Å². The van der Waals surface area contributed by atoms with Crippen molar-refractivity contribution in [2.75, 3.05) is 26.7 Å². The van der Waals surface area contributed by atoms with Gasteiger partial charge in [-0.05, 0) is 31.2 Å². The Morgan fingerprint density at radius 2 is 2.00 bits per heavy atom. The number of rotatable bonds is 5. The fourth-order valence-electron chi connectivity index (χ4n) is 2.73. The molecule has 1 rings (SSSR count). The Bertz CT molecular complexity index is 355. The van der Waals surface area contributed by atoms with Crippen LogP contribution in [0.3, 0.4) is 0 Å². The van der Waals surface area contributed by atoms with Crippen LogP contribution in [0.2, 0.25) is 0 Å². The summed E-state index contributed by atoms with van der Waals surface area (Å²) < 4.78 is 0. The molecule has 0 aromatic rings. The molecule has 2 N–H and O–H groups in total. The van der Waals surface area contributed by atoms with Crippen molar-refractivity contribution < 1.29 is 9.59 Å². The van der Waals surface area contributed by atoms with E-state index >= 15 is 0 Å². The normalized spacial score (nSPS) is 19.9. The van der Waals surface area contributed by atoms with Gasteiger partial charge in [0.15, 0.2) is 0 Å². The molecule has 0 aliphatic carbocycles. The Hall–Kier alpha value is -1.10. The molecule has 0 saturated carbocycles. The van der Waals surface area contributed by atoms with Crippen molar-refractivity contribution >= 4 is 11.8 Å². The van der Waals surface area contributed by atoms with Crippen LogP contribution in [0.5, 0.6) is 0 Å². The summed E-state index contributed by atoms with van der Waals surface area (Å²) in [7, 11) is 1.81. The van der Waals surface area contributed by atoms with Crippen molar-refractivity contribution in [1.82, 2.24) is 9.80 Å². The summed E-state index contributed by atoms with van der Waals surface area (Å²) in [6.07, 6.45) is 3.24. The minimum Gasteiger partial charge on any atom is -0.343 e. The molecular formula is C15H29N3O2. The highest BCUT2D eigenvalue weighted by Gasteiger charge is 2.34. The van der Waals surface area contributed by atoms with Crippen molar-refractivity contribution in [2.24, 2.45) is 11.1 Å². The molecule has 0 spiro atoms. The van der Waals surface area contributed by atoms with Crippen LogP contribution in [0.1, 0.15) is 46.5 Å². The van der Waals surface area contributed by atoms with E-state index in [4.69, 9.17) is 5.73 Å². The third-order valence-corrected chi connectivity index (χ3v) is 4.00. The topological polar surface area (TPSA) is 66.6 Å². The van der Waals surface area contributed by atoms with Crippen molar-refractivity contribution in [3.05, 3.63) is 0 Å². The summed E-state index contributed by atoms with van der Waals surface area (Å²) >= 11 is 0. The summed E-state index contributed by atoms with van der Waals surface area (Å²) in [5.41, 5.74) is 5.63. The van der Waals surface area contributed by atoms with E-state index in [9.17, 15) is 9.59 Å². The van der Waals surface area contributed by atoms with Gasteiger partial charge in [-0.2, -0.15) is 0 Å². The van der Waals surface area contributed by atoms with Gasteiger partial charge in [-0.25, -0.2) is 0 Å². The Kier molecular flexibility index (Phi) is 5.99. The number of amides is 2. The fourth-order valence-corrected chi connectivity index (χ4v) is 2.73. The Morgan fingerprint density at radius 3 is 2.55 bits per heavy atom. The summed E-state index contributed by atoms with van der Waals surface area (Å²) in [5.74, 6) is 0.127. The van der Waals surface area contributed by atoms with Crippen LogP contribution in [-0.4, -0.2) is 54.3 Å². The van der Waals surface area contributed by atoms with Crippen LogP contribution in [0.4, 0.5) is 0 Å². The summed E-state index contributed by atoms with van der Waals surface area (Å²) in [4.78, 5) is 28.1. The van der Waals surface area contributed by atoms with Gasteiger partial charge in [0.1, 0.15) is 6.04 Å². The first-order chi connectivity index (χ1) is 9.32. The van der Waals surface area contributed by atoms with Gasteiger partial charge in [0.25, 0.3) is 0 Å². The molecule has 1 aliphatic heterocycles. The molecule has 5 heteroatoms. The maximum Gasteiger partial charge on any atom is 0.245 e. The van der Waals surface area contributed by atoms with Gasteiger partial charge in [-0.1, -0.05) is 20.8 Å². The maximum atomic E-state index is 12.6. The van der Waals surface area contributed by atoms with E-state index in [0.29, 0.717) is 26.1 Å². The molecule has 1 fully saturated rings. The van der Waals surface area contributed by atoms with Crippen LogP contribution < -0.4 is 5.73 Å². The van der Waals surface area contributed by atoms with Crippen LogP contribution >= 0.6 is 0 Å². The third-order valence-electron chi connectivity index (χ3n) is 4.00. The van der Waals surface area contributed by atoms with Crippen LogP contribution in [-0.2, 0) is 9.59 Å². The van der Waals surface area contributed by atoms with Crippen molar-refractivity contribution in [3.63, 3.8) is 0 Å². The molecular weight excluding hydrogens is 254 g/mol. The predicted molar refractivity (Wildman–Crippen MR) is 80.1 cm³/mol. The quantitative estimate of drug-likeness (QED) is 0.825. The number of hydrogen-bond acceptors (Lipinski definition) is 3. The standard InChI is InChI=1S/C15H29N3O2/c1-5-13(19)18-9-7-6-8-12(18)14(20)17(4)11-15(2,3)10-16/h12H,5-11,16H2,1-4H3. The fraction of sp³-hybridized carbons (Fsp3) is 0.867. The first-order valence-corrected chi connectivity index (χ1v) is 7.57. The third kappa shape index (κ3) is 4.20. The number of nitrogens with two attached hydrogens (primary N) is 1. The lowest BCUT2D eigenvalue weighted by atomic mass is 9.92. The van der Waals surface area contributed by atoms with Crippen molar-refractivity contribution in [2.45, 2.75) is 52.5 Å². The molecule has 5 nitrogen and oxygen atoms in total. The predicted octanol–water partition coefficient (Wildman–Crippen LogP) is 1.22. The molecule has 1 heterocycles. The number of likely N-dealkylation sites (tertiary alicyclic amines) is 1. The number of piperidine rings is 1. The summed E-state index contributed by atoms with van der Waals surface area (Å²) in [5, 5.41) is 0. The van der Waals surface area contributed by atoms with Crippen molar-refractivity contribution in [3.8, 4) is 0 Å². The van der Waals surface area contributed by atoms with Crippen LogP contribution in [0.15, 0.2) is 0 Å². The molecule has 0 aromatic heterocycles. The second-order valence-corrected chi connectivity index (χ2v) is 6.51.